The molecule has 1 saturated heterocycles. The van der Waals surface area contributed by atoms with E-state index < -0.39 is 5.97 Å². The van der Waals surface area contributed by atoms with Crippen molar-refractivity contribution in [1.82, 2.24) is 9.88 Å². The first kappa shape index (κ1) is 16.8. The predicted octanol–water partition coefficient (Wildman–Crippen LogP) is 2.74. The molecule has 1 unspecified atom stereocenters. The van der Waals surface area contributed by atoms with Crippen molar-refractivity contribution < 1.29 is 23.5 Å². The molecule has 4 rings (SSSR count). The fourth-order valence-electron chi connectivity index (χ4n) is 3.83. The highest BCUT2D eigenvalue weighted by atomic mass is 19.1. The molecule has 0 radical (unpaired) electrons. The van der Waals surface area contributed by atoms with Crippen molar-refractivity contribution in [2.75, 3.05) is 13.1 Å². The Morgan fingerprint density at radius 1 is 1.27 bits per heavy atom. The molecular formula is C19H19FN2O4. The highest BCUT2D eigenvalue weighted by molar-refractivity contribution is 5.79. The van der Waals surface area contributed by atoms with Crippen LogP contribution >= 0.6 is 0 Å². The largest absolute Gasteiger partial charge is 0.481 e. The molecule has 1 aromatic carbocycles. The second kappa shape index (κ2) is 6.23. The quantitative estimate of drug-likeness (QED) is 0.909. The number of carbonyl (C=O) groups excluding carboxylic acids is 1. The molecule has 1 aliphatic carbocycles. The number of likely N-dealkylation sites (tertiary alicyclic amines) is 1. The number of halogens is 1. The van der Waals surface area contributed by atoms with Crippen LogP contribution in [0.3, 0.4) is 0 Å². The molecule has 2 aromatic rings. The molecule has 2 aliphatic rings. The Morgan fingerprint density at radius 2 is 1.96 bits per heavy atom. The van der Waals surface area contributed by atoms with Crippen molar-refractivity contribution in [3.8, 4) is 11.5 Å². The summed E-state index contributed by atoms with van der Waals surface area (Å²) >= 11 is 0. The van der Waals surface area contributed by atoms with Crippen LogP contribution in [0.25, 0.3) is 11.5 Å². The number of oxazole rings is 1. The second-order valence-corrected chi connectivity index (χ2v) is 7.17. The van der Waals surface area contributed by atoms with E-state index >= 15 is 0 Å². The second-order valence-electron chi connectivity index (χ2n) is 7.17. The van der Waals surface area contributed by atoms with Gasteiger partial charge in [-0.05, 0) is 48.9 Å². The normalized spacial score (nSPS) is 21.0. The number of aromatic nitrogens is 1. The van der Waals surface area contributed by atoms with E-state index in [4.69, 9.17) is 9.52 Å². The van der Waals surface area contributed by atoms with Crippen LogP contribution in [0.15, 0.2) is 34.9 Å². The van der Waals surface area contributed by atoms with Crippen molar-refractivity contribution in [2.24, 2.45) is 11.3 Å². The zero-order valence-corrected chi connectivity index (χ0v) is 14.2. The van der Waals surface area contributed by atoms with Crippen molar-refractivity contribution in [2.45, 2.75) is 25.7 Å². The number of carboxylic acid groups (broad SMARTS) is 1. The van der Waals surface area contributed by atoms with Crippen molar-refractivity contribution in [3.05, 3.63) is 42.0 Å². The van der Waals surface area contributed by atoms with Gasteiger partial charge in [0.05, 0.1) is 18.0 Å². The molecule has 26 heavy (non-hydrogen) atoms. The summed E-state index contributed by atoms with van der Waals surface area (Å²) in [5, 5.41) is 9.13. The number of amides is 1. The van der Waals surface area contributed by atoms with Gasteiger partial charge in [-0.3, -0.25) is 9.59 Å². The molecule has 2 heterocycles. The van der Waals surface area contributed by atoms with Gasteiger partial charge in [0.15, 0.2) is 0 Å². The van der Waals surface area contributed by atoms with Gasteiger partial charge in [-0.2, -0.15) is 0 Å². The number of hydrogen-bond donors (Lipinski definition) is 1. The number of rotatable bonds is 4. The van der Waals surface area contributed by atoms with E-state index in [-0.39, 0.29) is 29.5 Å². The average Bonchev–Trinajstić information content (AvgIpc) is 3.13. The maximum absolute atomic E-state index is 13.0. The monoisotopic (exact) mass is 358 g/mol. The maximum atomic E-state index is 13.0. The fraction of sp³-hybridized carbons (Fsp3) is 0.421. The van der Waals surface area contributed by atoms with Gasteiger partial charge in [0.25, 0.3) is 0 Å². The zero-order valence-electron chi connectivity index (χ0n) is 14.2. The third-order valence-electron chi connectivity index (χ3n) is 5.58. The van der Waals surface area contributed by atoms with Gasteiger partial charge in [0.2, 0.25) is 11.8 Å². The smallest absolute Gasteiger partial charge is 0.307 e. The molecule has 1 spiro atoms. The van der Waals surface area contributed by atoms with E-state index in [1.54, 1.807) is 17.0 Å². The van der Waals surface area contributed by atoms with Crippen LogP contribution in [0, 0.1) is 17.2 Å². The van der Waals surface area contributed by atoms with Crippen molar-refractivity contribution in [3.63, 3.8) is 0 Å². The Morgan fingerprint density at radius 3 is 2.58 bits per heavy atom. The highest BCUT2D eigenvalue weighted by Gasteiger charge is 2.59. The predicted molar refractivity (Wildman–Crippen MR) is 89.6 cm³/mol. The SMILES string of the molecule is O=C(O)C1CC12CCN(C(=O)Cc1coc(-c3ccc(F)cc3)n1)CC2. The number of carbonyl (C=O) groups is 2. The van der Waals surface area contributed by atoms with Crippen LogP contribution in [0.5, 0.6) is 0 Å². The minimum atomic E-state index is -0.722. The third kappa shape index (κ3) is 3.09. The van der Waals surface area contributed by atoms with Gasteiger partial charge in [0, 0.05) is 18.7 Å². The van der Waals surface area contributed by atoms with E-state index in [1.165, 1.54) is 18.4 Å². The third-order valence-corrected chi connectivity index (χ3v) is 5.58. The fourth-order valence-corrected chi connectivity index (χ4v) is 3.83. The van der Waals surface area contributed by atoms with Crippen molar-refractivity contribution >= 4 is 11.9 Å². The summed E-state index contributed by atoms with van der Waals surface area (Å²) in [5.41, 5.74) is 1.09. The molecule has 1 amide bonds. The number of hydrogen-bond acceptors (Lipinski definition) is 4. The van der Waals surface area contributed by atoms with Gasteiger partial charge in [0.1, 0.15) is 12.1 Å². The molecule has 136 valence electrons. The molecule has 2 fully saturated rings. The Bertz CT molecular complexity index is 837. The van der Waals surface area contributed by atoms with E-state index in [9.17, 15) is 14.0 Å². The van der Waals surface area contributed by atoms with Gasteiger partial charge in [-0.1, -0.05) is 0 Å². The van der Waals surface area contributed by atoms with Gasteiger partial charge < -0.3 is 14.4 Å². The highest BCUT2D eigenvalue weighted by Crippen LogP contribution is 2.59. The molecule has 6 nitrogen and oxygen atoms in total. The van der Waals surface area contributed by atoms with E-state index in [0.29, 0.717) is 30.2 Å². The van der Waals surface area contributed by atoms with Crippen LogP contribution < -0.4 is 0 Å². The van der Waals surface area contributed by atoms with Crippen LogP contribution in [-0.2, 0) is 16.0 Å². The summed E-state index contributed by atoms with van der Waals surface area (Å²) in [6, 6.07) is 5.81. The Kier molecular flexibility index (Phi) is 4.01. The summed E-state index contributed by atoms with van der Waals surface area (Å²) in [4.78, 5) is 29.7. The number of aliphatic carboxylic acids is 1. The molecular weight excluding hydrogens is 339 g/mol. The lowest BCUT2D eigenvalue weighted by atomic mass is 9.90. The first-order valence-electron chi connectivity index (χ1n) is 8.68. The Balaban J connectivity index is 1.34. The van der Waals surface area contributed by atoms with Gasteiger partial charge in [-0.25, -0.2) is 9.37 Å². The van der Waals surface area contributed by atoms with Crippen LogP contribution in [-0.4, -0.2) is 40.0 Å². The molecule has 1 aliphatic heterocycles. The summed E-state index contributed by atoms with van der Waals surface area (Å²) in [7, 11) is 0. The van der Waals surface area contributed by atoms with E-state index in [0.717, 1.165) is 19.3 Å². The minimum absolute atomic E-state index is 0.0358. The molecule has 1 atom stereocenters. The first-order valence-corrected chi connectivity index (χ1v) is 8.68. The van der Waals surface area contributed by atoms with Crippen LogP contribution in [0.1, 0.15) is 25.0 Å². The summed E-state index contributed by atoms with van der Waals surface area (Å²) in [6.07, 6.45) is 3.81. The van der Waals surface area contributed by atoms with Gasteiger partial charge in [-0.15, -0.1) is 0 Å². The topological polar surface area (TPSA) is 83.6 Å². The van der Waals surface area contributed by atoms with Crippen LogP contribution in [0.4, 0.5) is 4.39 Å². The van der Waals surface area contributed by atoms with E-state index in [1.807, 2.05) is 0 Å². The minimum Gasteiger partial charge on any atom is -0.481 e. The summed E-state index contributed by atoms with van der Waals surface area (Å²) < 4.78 is 18.4. The average molecular weight is 358 g/mol. The van der Waals surface area contributed by atoms with Crippen LogP contribution in [0.2, 0.25) is 0 Å². The number of carboxylic acids is 1. The molecule has 1 N–H and O–H groups in total. The Hall–Kier alpha value is -2.70. The number of piperidine rings is 1. The van der Waals surface area contributed by atoms with E-state index in [2.05, 4.69) is 4.98 Å². The molecule has 1 aromatic heterocycles. The molecule has 7 heteroatoms. The Labute approximate surface area is 149 Å². The number of nitrogens with zero attached hydrogens (tertiary/aromatic N) is 2. The zero-order chi connectivity index (χ0) is 18.3. The summed E-state index contributed by atoms with van der Waals surface area (Å²) in [6.45, 7) is 1.18. The van der Waals surface area contributed by atoms with Gasteiger partial charge >= 0.3 is 5.97 Å². The summed E-state index contributed by atoms with van der Waals surface area (Å²) in [5.74, 6) is -0.979. The molecule has 1 saturated carbocycles. The standard InChI is InChI=1S/C19H19FN2O4/c20-13-3-1-12(2-4-13)17-21-14(11-26-17)9-16(23)22-7-5-19(6-8-22)10-15(19)18(24)25/h1-4,11,15H,5-10H2,(H,24,25). The lowest BCUT2D eigenvalue weighted by molar-refractivity contribution is -0.139. The lowest BCUT2D eigenvalue weighted by Gasteiger charge is -2.32. The van der Waals surface area contributed by atoms with Crippen molar-refractivity contribution in [1.29, 1.82) is 0 Å². The maximum Gasteiger partial charge on any atom is 0.307 e. The molecule has 0 bridgehead atoms. The lowest BCUT2D eigenvalue weighted by Crippen LogP contribution is -2.40. The number of benzene rings is 1. The first-order chi connectivity index (χ1) is 12.5.